The van der Waals surface area contributed by atoms with Crippen LogP contribution >= 0.6 is 11.3 Å². The minimum Gasteiger partial charge on any atom is -0.344 e. The number of hydrogen-bond acceptors (Lipinski definition) is 4. The first-order valence-corrected chi connectivity index (χ1v) is 10.6. The third kappa shape index (κ3) is 4.38. The first-order chi connectivity index (χ1) is 14.1. The lowest BCUT2D eigenvalue weighted by atomic mass is 9.96. The third-order valence-electron chi connectivity index (χ3n) is 5.28. The molecule has 1 fully saturated rings. The van der Waals surface area contributed by atoms with Gasteiger partial charge in [-0.15, -0.1) is 11.3 Å². The topological polar surface area (TPSA) is 53.5 Å². The summed E-state index contributed by atoms with van der Waals surface area (Å²) in [4.78, 5) is 34.7. The summed E-state index contributed by atoms with van der Waals surface area (Å²) in [5.41, 5.74) is 2.70. The molecule has 0 bridgehead atoms. The summed E-state index contributed by atoms with van der Waals surface area (Å²) in [6.07, 6.45) is 2.23. The van der Waals surface area contributed by atoms with E-state index >= 15 is 0 Å². The van der Waals surface area contributed by atoms with Gasteiger partial charge in [-0.05, 0) is 41.1 Å². The van der Waals surface area contributed by atoms with Gasteiger partial charge < -0.3 is 9.80 Å². The Morgan fingerprint density at radius 3 is 2.62 bits per heavy atom. The number of carbonyl (C=O) groups is 2. The van der Waals surface area contributed by atoms with Gasteiger partial charge in [-0.3, -0.25) is 14.6 Å². The van der Waals surface area contributed by atoms with E-state index in [1.807, 2.05) is 19.2 Å². The molecule has 1 aromatic carbocycles. The molecule has 1 aliphatic rings. The molecule has 2 amide bonds. The second kappa shape index (κ2) is 8.57. The highest BCUT2D eigenvalue weighted by Crippen LogP contribution is 2.26. The Kier molecular flexibility index (Phi) is 5.71. The van der Waals surface area contributed by atoms with Gasteiger partial charge in [-0.1, -0.05) is 36.4 Å². The van der Waals surface area contributed by atoms with Crippen LogP contribution in [0.3, 0.4) is 0 Å². The number of aromatic nitrogens is 1. The maximum atomic E-state index is 12.9. The number of benzene rings is 1. The Hall–Kier alpha value is -2.99. The number of hydrogen-bond donors (Lipinski definition) is 0. The Labute approximate surface area is 174 Å². The standard InChI is InChI=1S/C23H23N3O2S/c1-25-12-13-26(23(28)20-5-2-3-11-24-20)16-19(22(25)27)15-17-7-9-18(10-8-17)21-6-4-14-29-21/h2-11,14,19H,12-13,15-16H2,1H3/t19-/m1/s1. The fraction of sp³-hybridized carbons (Fsp3) is 0.261. The zero-order valence-electron chi connectivity index (χ0n) is 16.3. The number of pyridine rings is 1. The Balaban J connectivity index is 1.51. The van der Waals surface area contributed by atoms with Crippen molar-refractivity contribution in [3.05, 3.63) is 77.4 Å². The molecule has 3 aromatic rings. The van der Waals surface area contributed by atoms with Crippen LogP contribution in [0.15, 0.2) is 66.2 Å². The van der Waals surface area contributed by atoms with Crippen LogP contribution in [0.5, 0.6) is 0 Å². The van der Waals surface area contributed by atoms with E-state index in [-0.39, 0.29) is 17.7 Å². The maximum Gasteiger partial charge on any atom is 0.272 e. The fourth-order valence-electron chi connectivity index (χ4n) is 3.65. The summed E-state index contributed by atoms with van der Waals surface area (Å²) in [6.45, 7) is 1.46. The van der Waals surface area contributed by atoms with E-state index in [9.17, 15) is 9.59 Å². The van der Waals surface area contributed by atoms with Crippen LogP contribution in [0.4, 0.5) is 0 Å². The van der Waals surface area contributed by atoms with Gasteiger partial charge in [0.25, 0.3) is 5.91 Å². The number of thiophene rings is 1. The zero-order valence-corrected chi connectivity index (χ0v) is 17.1. The molecule has 0 N–H and O–H groups in total. The Morgan fingerprint density at radius 2 is 1.93 bits per heavy atom. The van der Waals surface area contributed by atoms with Gasteiger partial charge in [-0.25, -0.2) is 0 Å². The van der Waals surface area contributed by atoms with Crippen LogP contribution in [-0.4, -0.2) is 53.3 Å². The summed E-state index contributed by atoms with van der Waals surface area (Å²) < 4.78 is 0. The van der Waals surface area contributed by atoms with Crippen molar-refractivity contribution in [3.8, 4) is 10.4 Å². The molecule has 1 atom stereocenters. The van der Waals surface area contributed by atoms with Crippen molar-refractivity contribution in [2.24, 2.45) is 5.92 Å². The lowest BCUT2D eigenvalue weighted by Gasteiger charge is -2.23. The first-order valence-electron chi connectivity index (χ1n) is 9.70. The molecule has 6 heteroatoms. The van der Waals surface area contributed by atoms with Crippen LogP contribution < -0.4 is 0 Å². The lowest BCUT2D eigenvalue weighted by Crippen LogP contribution is -2.37. The molecular formula is C23H23N3O2S. The van der Waals surface area contributed by atoms with Crippen molar-refractivity contribution in [2.45, 2.75) is 6.42 Å². The number of rotatable bonds is 4. The molecule has 2 aromatic heterocycles. The monoisotopic (exact) mass is 405 g/mol. The van der Waals surface area contributed by atoms with Gasteiger partial charge in [0.2, 0.25) is 5.91 Å². The number of nitrogens with zero attached hydrogens (tertiary/aromatic N) is 3. The van der Waals surface area contributed by atoms with E-state index in [1.165, 1.54) is 10.4 Å². The highest BCUT2D eigenvalue weighted by molar-refractivity contribution is 7.13. The molecule has 0 aliphatic carbocycles. The van der Waals surface area contributed by atoms with Crippen molar-refractivity contribution >= 4 is 23.2 Å². The largest absolute Gasteiger partial charge is 0.344 e. The summed E-state index contributed by atoms with van der Waals surface area (Å²) in [5, 5.41) is 2.07. The third-order valence-corrected chi connectivity index (χ3v) is 6.20. The van der Waals surface area contributed by atoms with Gasteiger partial charge in [0.15, 0.2) is 0 Å². The Bertz CT molecular complexity index is 971. The highest BCUT2D eigenvalue weighted by Gasteiger charge is 2.31. The minimum absolute atomic E-state index is 0.0867. The summed E-state index contributed by atoms with van der Waals surface area (Å²) in [7, 11) is 1.81. The average Bonchev–Trinajstić information content (AvgIpc) is 3.26. The van der Waals surface area contributed by atoms with E-state index in [4.69, 9.17) is 0 Å². The van der Waals surface area contributed by atoms with E-state index in [0.29, 0.717) is 31.7 Å². The van der Waals surface area contributed by atoms with Crippen molar-refractivity contribution in [3.63, 3.8) is 0 Å². The molecule has 0 spiro atoms. The highest BCUT2D eigenvalue weighted by atomic mass is 32.1. The van der Waals surface area contributed by atoms with Gasteiger partial charge >= 0.3 is 0 Å². The summed E-state index contributed by atoms with van der Waals surface area (Å²) >= 11 is 1.71. The second-order valence-electron chi connectivity index (χ2n) is 7.30. The molecule has 148 valence electrons. The van der Waals surface area contributed by atoms with Crippen LogP contribution in [-0.2, 0) is 11.2 Å². The molecule has 0 radical (unpaired) electrons. The predicted octanol–water partition coefficient (Wildman–Crippen LogP) is 3.58. The van der Waals surface area contributed by atoms with Crippen molar-refractivity contribution < 1.29 is 9.59 Å². The minimum atomic E-state index is -0.261. The molecule has 0 unspecified atom stereocenters. The van der Waals surface area contributed by atoms with Gasteiger partial charge in [0, 0.05) is 37.8 Å². The Morgan fingerprint density at radius 1 is 1.10 bits per heavy atom. The van der Waals surface area contributed by atoms with Gasteiger partial charge in [0.05, 0.1) is 5.92 Å². The first kappa shape index (κ1) is 19.3. The van der Waals surface area contributed by atoms with Crippen molar-refractivity contribution in [2.75, 3.05) is 26.7 Å². The van der Waals surface area contributed by atoms with E-state index < -0.39 is 0 Å². The maximum absolute atomic E-state index is 12.9. The quantitative estimate of drug-likeness (QED) is 0.667. The number of likely N-dealkylation sites (N-methyl/N-ethyl adjacent to an activating group) is 1. The number of carbonyl (C=O) groups excluding carboxylic acids is 2. The summed E-state index contributed by atoms with van der Waals surface area (Å²) in [6, 6.07) is 17.8. The molecule has 29 heavy (non-hydrogen) atoms. The van der Waals surface area contributed by atoms with Crippen LogP contribution in [0, 0.1) is 5.92 Å². The number of amides is 2. The van der Waals surface area contributed by atoms with Crippen LogP contribution in [0.1, 0.15) is 16.1 Å². The van der Waals surface area contributed by atoms with E-state index in [1.54, 1.807) is 39.5 Å². The molecular weight excluding hydrogens is 382 g/mol. The normalized spacial score (nSPS) is 17.3. The molecule has 3 heterocycles. The van der Waals surface area contributed by atoms with Crippen LogP contribution in [0.25, 0.3) is 10.4 Å². The van der Waals surface area contributed by atoms with Crippen molar-refractivity contribution in [1.29, 1.82) is 0 Å². The zero-order chi connectivity index (χ0) is 20.2. The molecule has 1 saturated heterocycles. The van der Waals surface area contributed by atoms with Gasteiger partial charge in [-0.2, -0.15) is 0 Å². The molecule has 0 saturated carbocycles. The smallest absolute Gasteiger partial charge is 0.272 e. The van der Waals surface area contributed by atoms with Crippen LogP contribution in [0.2, 0.25) is 0 Å². The van der Waals surface area contributed by atoms with E-state index in [0.717, 1.165) is 5.56 Å². The molecule has 5 nitrogen and oxygen atoms in total. The van der Waals surface area contributed by atoms with Crippen molar-refractivity contribution in [1.82, 2.24) is 14.8 Å². The van der Waals surface area contributed by atoms with Gasteiger partial charge in [0.1, 0.15) is 5.69 Å². The predicted molar refractivity (Wildman–Crippen MR) is 115 cm³/mol. The lowest BCUT2D eigenvalue weighted by molar-refractivity contribution is -0.133. The fourth-order valence-corrected chi connectivity index (χ4v) is 4.38. The second-order valence-corrected chi connectivity index (χ2v) is 8.25. The SMILES string of the molecule is CN1CCN(C(=O)c2ccccn2)C[C@@H](Cc2ccc(-c3cccs3)cc2)C1=O. The average molecular weight is 406 g/mol. The van der Waals surface area contributed by atoms with E-state index in [2.05, 4.69) is 40.7 Å². The summed E-state index contributed by atoms with van der Waals surface area (Å²) in [5.74, 6) is -0.293. The molecule has 1 aliphatic heterocycles. The molecule has 4 rings (SSSR count).